The van der Waals surface area contributed by atoms with E-state index < -0.39 is 0 Å². The second kappa shape index (κ2) is 7.31. The SMILES string of the molecule is COc1ccc(-c2nc(N)cc(Nc3cc(C)cc(C)c3)n2)cc1OC. The van der Waals surface area contributed by atoms with E-state index in [1.54, 1.807) is 20.3 Å². The zero-order valence-corrected chi connectivity index (χ0v) is 15.3. The minimum absolute atomic E-state index is 0.386. The third-order valence-corrected chi connectivity index (χ3v) is 3.88. The molecule has 26 heavy (non-hydrogen) atoms. The van der Waals surface area contributed by atoms with Crippen LogP contribution in [0.15, 0.2) is 42.5 Å². The molecule has 0 saturated carbocycles. The van der Waals surface area contributed by atoms with Crippen molar-refractivity contribution in [3.8, 4) is 22.9 Å². The van der Waals surface area contributed by atoms with E-state index >= 15 is 0 Å². The maximum absolute atomic E-state index is 5.99. The standard InChI is InChI=1S/C20H22N4O2/c1-12-7-13(2)9-15(8-12)22-19-11-18(21)23-20(24-19)14-5-6-16(25-3)17(10-14)26-4/h5-11H,1-4H3,(H3,21,22,23,24). The average Bonchev–Trinajstić information content (AvgIpc) is 2.59. The van der Waals surface area contributed by atoms with Crippen LogP contribution in [-0.4, -0.2) is 24.2 Å². The van der Waals surface area contributed by atoms with Crippen molar-refractivity contribution in [1.29, 1.82) is 0 Å². The third kappa shape index (κ3) is 3.85. The van der Waals surface area contributed by atoms with Crippen molar-refractivity contribution in [2.75, 3.05) is 25.3 Å². The lowest BCUT2D eigenvalue weighted by Gasteiger charge is -2.12. The van der Waals surface area contributed by atoms with Crippen LogP contribution in [0.4, 0.5) is 17.3 Å². The first-order valence-corrected chi connectivity index (χ1v) is 8.21. The number of ether oxygens (including phenoxy) is 2. The van der Waals surface area contributed by atoms with Crippen LogP contribution in [0.5, 0.6) is 11.5 Å². The lowest BCUT2D eigenvalue weighted by atomic mass is 10.1. The van der Waals surface area contributed by atoms with Crippen LogP contribution in [0.2, 0.25) is 0 Å². The molecule has 0 aliphatic carbocycles. The average molecular weight is 350 g/mol. The van der Waals surface area contributed by atoms with Crippen molar-refractivity contribution in [3.63, 3.8) is 0 Å². The molecule has 0 aliphatic rings. The first kappa shape index (κ1) is 17.5. The quantitative estimate of drug-likeness (QED) is 0.721. The molecule has 6 nitrogen and oxygen atoms in total. The largest absolute Gasteiger partial charge is 0.493 e. The maximum atomic E-state index is 5.99. The number of nitrogens with two attached hydrogens (primary N) is 1. The molecule has 0 saturated heterocycles. The summed E-state index contributed by atoms with van der Waals surface area (Å²) in [6, 6.07) is 13.5. The van der Waals surface area contributed by atoms with Gasteiger partial charge in [-0.15, -0.1) is 0 Å². The van der Waals surface area contributed by atoms with Crippen molar-refractivity contribution in [3.05, 3.63) is 53.6 Å². The van der Waals surface area contributed by atoms with Gasteiger partial charge in [0, 0.05) is 17.3 Å². The Morgan fingerprint density at radius 1 is 0.846 bits per heavy atom. The first-order chi connectivity index (χ1) is 12.5. The van der Waals surface area contributed by atoms with E-state index in [2.05, 4.69) is 47.3 Å². The number of nitrogen functional groups attached to an aromatic ring is 1. The van der Waals surface area contributed by atoms with Crippen molar-refractivity contribution in [1.82, 2.24) is 9.97 Å². The fourth-order valence-electron chi connectivity index (χ4n) is 2.83. The third-order valence-electron chi connectivity index (χ3n) is 3.88. The Balaban J connectivity index is 1.97. The molecule has 3 aromatic rings. The topological polar surface area (TPSA) is 82.3 Å². The summed E-state index contributed by atoms with van der Waals surface area (Å²) in [5.74, 6) is 2.79. The normalized spacial score (nSPS) is 10.5. The molecule has 1 aromatic heterocycles. The van der Waals surface area contributed by atoms with Gasteiger partial charge in [-0.25, -0.2) is 9.97 Å². The summed E-state index contributed by atoms with van der Waals surface area (Å²) in [4.78, 5) is 8.93. The molecule has 0 unspecified atom stereocenters. The number of hydrogen-bond acceptors (Lipinski definition) is 6. The van der Waals surface area contributed by atoms with E-state index in [4.69, 9.17) is 15.2 Å². The number of hydrogen-bond donors (Lipinski definition) is 2. The van der Waals surface area contributed by atoms with Gasteiger partial charge in [0.2, 0.25) is 0 Å². The van der Waals surface area contributed by atoms with E-state index in [-0.39, 0.29) is 0 Å². The maximum Gasteiger partial charge on any atom is 0.163 e. The second-order valence-corrected chi connectivity index (χ2v) is 6.07. The van der Waals surface area contributed by atoms with Gasteiger partial charge in [-0.05, 0) is 55.3 Å². The van der Waals surface area contributed by atoms with Crippen LogP contribution < -0.4 is 20.5 Å². The minimum atomic E-state index is 0.386. The lowest BCUT2D eigenvalue weighted by Crippen LogP contribution is -2.01. The monoisotopic (exact) mass is 350 g/mol. The molecule has 3 N–H and O–H groups in total. The zero-order valence-electron chi connectivity index (χ0n) is 15.3. The van der Waals surface area contributed by atoms with Crippen LogP contribution in [0, 0.1) is 13.8 Å². The molecule has 0 amide bonds. The van der Waals surface area contributed by atoms with Crippen molar-refractivity contribution in [2.45, 2.75) is 13.8 Å². The first-order valence-electron chi connectivity index (χ1n) is 8.21. The van der Waals surface area contributed by atoms with E-state index in [1.807, 2.05) is 18.2 Å². The summed E-state index contributed by atoms with van der Waals surface area (Å²) in [6.07, 6.45) is 0. The van der Waals surface area contributed by atoms with Gasteiger partial charge in [-0.1, -0.05) is 6.07 Å². The van der Waals surface area contributed by atoms with E-state index in [0.717, 1.165) is 11.3 Å². The molecule has 3 rings (SSSR count). The van der Waals surface area contributed by atoms with Gasteiger partial charge in [0.25, 0.3) is 0 Å². The number of methoxy groups -OCH3 is 2. The number of rotatable bonds is 5. The predicted octanol–water partition coefficient (Wildman–Crippen LogP) is 4.10. The zero-order chi connectivity index (χ0) is 18.7. The summed E-state index contributed by atoms with van der Waals surface area (Å²) < 4.78 is 10.6. The lowest BCUT2D eigenvalue weighted by molar-refractivity contribution is 0.355. The van der Waals surface area contributed by atoms with Gasteiger partial charge >= 0.3 is 0 Å². The molecule has 0 bridgehead atoms. The highest BCUT2D eigenvalue weighted by Crippen LogP contribution is 2.32. The summed E-state index contributed by atoms with van der Waals surface area (Å²) in [5, 5.41) is 3.30. The Morgan fingerprint density at radius 2 is 1.54 bits per heavy atom. The van der Waals surface area contributed by atoms with Crippen LogP contribution >= 0.6 is 0 Å². The molecule has 0 fully saturated rings. The fraction of sp³-hybridized carbons (Fsp3) is 0.200. The molecule has 0 aliphatic heterocycles. The van der Waals surface area contributed by atoms with E-state index in [0.29, 0.717) is 29.0 Å². The van der Waals surface area contributed by atoms with E-state index in [9.17, 15) is 0 Å². The Morgan fingerprint density at radius 3 is 2.19 bits per heavy atom. The summed E-state index contributed by atoms with van der Waals surface area (Å²) >= 11 is 0. The second-order valence-electron chi connectivity index (χ2n) is 6.07. The van der Waals surface area contributed by atoms with Crippen LogP contribution in [-0.2, 0) is 0 Å². The van der Waals surface area contributed by atoms with Gasteiger partial charge < -0.3 is 20.5 Å². The van der Waals surface area contributed by atoms with Crippen LogP contribution in [0.25, 0.3) is 11.4 Å². The van der Waals surface area contributed by atoms with Crippen molar-refractivity contribution < 1.29 is 9.47 Å². The smallest absolute Gasteiger partial charge is 0.163 e. The highest BCUT2D eigenvalue weighted by Gasteiger charge is 2.10. The van der Waals surface area contributed by atoms with Gasteiger partial charge in [0.1, 0.15) is 11.6 Å². The molecule has 0 radical (unpaired) electrons. The van der Waals surface area contributed by atoms with Gasteiger partial charge in [0.15, 0.2) is 17.3 Å². The molecule has 134 valence electrons. The molecule has 0 spiro atoms. The molecule has 2 aromatic carbocycles. The van der Waals surface area contributed by atoms with Gasteiger partial charge in [0.05, 0.1) is 14.2 Å². The Kier molecular flexibility index (Phi) is 4.93. The number of nitrogens with one attached hydrogen (secondary N) is 1. The van der Waals surface area contributed by atoms with E-state index in [1.165, 1.54) is 11.1 Å². The predicted molar refractivity (Wildman–Crippen MR) is 104 cm³/mol. The highest BCUT2D eigenvalue weighted by atomic mass is 16.5. The number of benzene rings is 2. The number of aryl methyl sites for hydroxylation is 2. The van der Waals surface area contributed by atoms with Crippen LogP contribution in [0.3, 0.4) is 0 Å². The number of aromatic nitrogens is 2. The van der Waals surface area contributed by atoms with Crippen LogP contribution in [0.1, 0.15) is 11.1 Å². The Bertz CT molecular complexity index is 921. The molecular weight excluding hydrogens is 328 g/mol. The Labute approximate surface area is 153 Å². The highest BCUT2D eigenvalue weighted by molar-refractivity contribution is 5.67. The molecule has 0 atom stereocenters. The van der Waals surface area contributed by atoms with Crippen molar-refractivity contribution in [2.24, 2.45) is 0 Å². The summed E-state index contributed by atoms with van der Waals surface area (Å²) in [6.45, 7) is 4.11. The molecule has 1 heterocycles. The fourth-order valence-corrected chi connectivity index (χ4v) is 2.83. The Hall–Kier alpha value is -3.28. The minimum Gasteiger partial charge on any atom is -0.493 e. The van der Waals surface area contributed by atoms with Crippen molar-refractivity contribution >= 4 is 17.3 Å². The van der Waals surface area contributed by atoms with Gasteiger partial charge in [-0.3, -0.25) is 0 Å². The van der Waals surface area contributed by atoms with Gasteiger partial charge in [-0.2, -0.15) is 0 Å². The summed E-state index contributed by atoms with van der Waals surface area (Å²) in [5.41, 5.74) is 10.1. The summed E-state index contributed by atoms with van der Waals surface area (Å²) in [7, 11) is 3.19. The number of nitrogens with zero attached hydrogens (tertiary/aromatic N) is 2. The number of anilines is 3. The molecular formula is C20H22N4O2. The molecule has 6 heteroatoms.